The standard InChI is InChI=1S/C26H22N4O7S/c1-34-26(33)37-15-36-23-18(31)10-11-29-22(23)25(32)28-12-13-35-14-21(28)30(29)24-16-6-2-4-8-19(16)38-20-9-5-3-7-17(20)27-24/h2-11,21H,12-15H2,1H3/t21-/m1/s1. The number of hydrogen-bond donors (Lipinski definition) is 0. The summed E-state index contributed by atoms with van der Waals surface area (Å²) in [4.78, 5) is 46.7. The van der Waals surface area contributed by atoms with Crippen LogP contribution in [0.1, 0.15) is 16.1 Å². The Bertz CT molecular complexity index is 1520. The number of amides is 1. The van der Waals surface area contributed by atoms with Crippen LogP contribution < -0.4 is 15.2 Å². The minimum absolute atomic E-state index is 0.00511. The van der Waals surface area contributed by atoms with Gasteiger partial charge >= 0.3 is 6.16 Å². The van der Waals surface area contributed by atoms with Gasteiger partial charge in [-0.15, -0.1) is 0 Å². The monoisotopic (exact) mass is 534 g/mol. The minimum Gasteiger partial charge on any atom is -0.451 e. The van der Waals surface area contributed by atoms with Crippen LogP contribution in [0.3, 0.4) is 0 Å². The zero-order valence-electron chi connectivity index (χ0n) is 20.2. The number of pyridine rings is 1. The Hall–Kier alpha value is -4.29. The number of nitrogens with zero attached hydrogens (tertiary/aromatic N) is 4. The maximum Gasteiger partial charge on any atom is 0.510 e. The van der Waals surface area contributed by atoms with E-state index in [9.17, 15) is 14.4 Å². The predicted octanol–water partition coefficient (Wildman–Crippen LogP) is 2.96. The average molecular weight is 535 g/mol. The first kappa shape index (κ1) is 24.1. The third-order valence-electron chi connectivity index (χ3n) is 6.32. The van der Waals surface area contributed by atoms with E-state index in [1.54, 1.807) is 21.3 Å². The second-order valence-corrected chi connectivity index (χ2v) is 9.55. The van der Waals surface area contributed by atoms with Crippen molar-refractivity contribution in [3.05, 3.63) is 82.3 Å². The normalized spacial score (nSPS) is 17.8. The molecule has 3 aliphatic rings. The molecular weight excluding hydrogens is 512 g/mol. The van der Waals surface area contributed by atoms with Crippen LogP contribution in [0.5, 0.6) is 5.75 Å². The molecule has 0 radical (unpaired) electrons. The van der Waals surface area contributed by atoms with Crippen molar-refractivity contribution in [2.45, 2.75) is 16.0 Å². The molecule has 0 bridgehead atoms. The van der Waals surface area contributed by atoms with Crippen molar-refractivity contribution in [1.29, 1.82) is 0 Å². The number of carbonyl (C=O) groups excluding carboxylic acids is 2. The molecule has 1 saturated heterocycles. The lowest BCUT2D eigenvalue weighted by Crippen LogP contribution is -2.67. The maximum atomic E-state index is 13.7. The number of methoxy groups -OCH3 is 1. The number of ether oxygens (including phenoxy) is 4. The summed E-state index contributed by atoms with van der Waals surface area (Å²) in [6, 6.07) is 17.0. The van der Waals surface area contributed by atoms with Crippen LogP contribution in [0.4, 0.5) is 10.5 Å². The molecule has 1 amide bonds. The second kappa shape index (κ2) is 9.88. The number of aromatic nitrogens is 1. The number of amidine groups is 1. The summed E-state index contributed by atoms with van der Waals surface area (Å²) in [5.41, 5.74) is 1.09. The van der Waals surface area contributed by atoms with Gasteiger partial charge in [0.2, 0.25) is 18.0 Å². The summed E-state index contributed by atoms with van der Waals surface area (Å²) in [6.07, 6.45) is 0.00843. The van der Waals surface area contributed by atoms with Gasteiger partial charge in [0.15, 0.2) is 11.5 Å². The molecule has 0 spiro atoms. The highest BCUT2D eigenvalue weighted by molar-refractivity contribution is 7.99. The lowest BCUT2D eigenvalue weighted by molar-refractivity contribution is -0.0126. The summed E-state index contributed by atoms with van der Waals surface area (Å²) in [5.74, 6) is -0.0704. The molecule has 6 rings (SSSR count). The smallest absolute Gasteiger partial charge is 0.451 e. The van der Waals surface area contributed by atoms with Gasteiger partial charge in [0, 0.05) is 34.2 Å². The van der Waals surface area contributed by atoms with E-state index in [-0.39, 0.29) is 18.1 Å². The van der Waals surface area contributed by atoms with Gasteiger partial charge < -0.3 is 23.8 Å². The Balaban J connectivity index is 1.55. The van der Waals surface area contributed by atoms with E-state index in [2.05, 4.69) is 4.74 Å². The topological polar surface area (TPSA) is 112 Å². The third kappa shape index (κ3) is 4.07. The fourth-order valence-electron chi connectivity index (χ4n) is 4.62. The maximum absolute atomic E-state index is 13.7. The van der Waals surface area contributed by atoms with E-state index in [0.717, 1.165) is 28.2 Å². The van der Waals surface area contributed by atoms with Gasteiger partial charge in [0.05, 0.1) is 26.0 Å². The van der Waals surface area contributed by atoms with E-state index in [0.29, 0.717) is 19.0 Å². The highest BCUT2D eigenvalue weighted by Crippen LogP contribution is 2.41. The van der Waals surface area contributed by atoms with Gasteiger partial charge in [-0.25, -0.2) is 19.5 Å². The number of hydrogen-bond acceptors (Lipinski definition) is 10. The number of morpholine rings is 1. The molecule has 0 N–H and O–H groups in total. The first-order valence-electron chi connectivity index (χ1n) is 11.8. The van der Waals surface area contributed by atoms with Crippen molar-refractivity contribution >= 4 is 35.3 Å². The Morgan fingerprint density at radius 2 is 1.89 bits per heavy atom. The summed E-state index contributed by atoms with van der Waals surface area (Å²) < 4.78 is 22.2. The molecule has 38 heavy (non-hydrogen) atoms. The molecule has 1 aromatic heterocycles. The zero-order valence-corrected chi connectivity index (χ0v) is 21.1. The number of fused-ring (bicyclic) bond motifs is 4. The molecule has 1 fully saturated rings. The summed E-state index contributed by atoms with van der Waals surface area (Å²) in [5, 5.41) is 1.85. The van der Waals surface area contributed by atoms with Crippen molar-refractivity contribution in [2.75, 3.05) is 38.7 Å². The van der Waals surface area contributed by atoms with Crippen LogP contribution in [0, 0.1) is 0 Å². The number of para-hydroxylation sites is 1. The second-order valence-electron chi connectivity index (χ2n) is 8.46. The SMILES string of the molecule is COC(=O)OCOc1c2n(ccc1=O)N(C1=Nc3ccccc3Sc3ccccc31)[C@@H]1COCCN1C2=O. The largest absolute Gasteiger partial charge is 0.510 e. The third-order valence-corrected chi connectivity index (χ3v) is 7.46. The Labute approximate surface area is 221 Å². The molecule has 0 saturated carbocycles. The van der Waals surface area contributed by atoms with Crippen molar-refractivity contribution in [3.63, 3.8) is 0 Å². The fourth-order valence-corrected chi connectivity index (χ4v) is 5.63. The van der Waals surface area contributed by atoms with Crippen LogP contribution in [-0.2, 0) is 14.2 Å². The lowest BCUT2D eigenvalue weighted by atomic mass is 10.1. The first-order chi connectivity index (χ1) is 18.6. The van der Waals surface area contributed by atoms with E-state index >= 15 is 0 Å². The molecule has 3 aromatic rings. The highest BCUT2D eigenvalue weighted by atomic mass is 32.2. The van der Waals surface area contributed by atoms with E-state index in [1.165, 1.54) is 12.3 Å². The van der Waals surface area contributed by atoms with E-state index < -0.39 is 30.5 Å². The average Bonchev–Trinajstić information content (AvgIpc) is 3.11. The van der Waals surface area contributed by atoms with Crippen molar-refractivity contribution in [3.8, 4) is 5.75 Å². The van der Waals surface area contributed by atoms with E-state index in [4.69, 9.17) is 19.2 Å². The van der Waals surface area contributed by atoms with E-state index in [1.807, 2.05) is 53.5 Å². The lowest BCUT2D eigenvalue weighted by Gasteiger charge is -2.48. The molecule has 2 aromatic carbocycles. The molecule has 3 aliphatic heterocycles. The van der Waals surface area contributed by atoms with Gasteiger partial charge in [0.25, 0.3) is 5.91 Å². The minimum atomic E-state index is -0.975. The van der Waals surface area contributed by atoms with Crippen LogP contribution in [-0.4, -0.2) is 67.3 Å². The number of aliphatic imine (C=N–C) groups is 1. The van der Waals surface area contributed by atoms with Crippen LogP contribution in [0.2, 0.25) is 0 Å². The quantitative estimate of drug-likeness (QED) is 0.370. The van der Waals surface area contributed by atoms with Crippen LogP contribution in [0.25, 0.3) is 0 Å². The Kier molecular flexibility index (Phi) is 6.26. The van der Waals surface area contributed by atoms with Gasteiger partial charge in [-0.2, -0.15) is 0 Å². The van der Waals surface area contributed by atoms with Crippen molar-refractivity contribution in [1.82, 2.24) is 9.58 Å². The predicted molar refractivity (Wildman–Crippen MR) is 137 cm³/mol. The highest BCUT2D eigenvalue weighted by Gasteiger charge is 2.44. The van der Waals surface area contributed by atoms with Gasteiger partial charge in [-0.05, 0) is 18.2 Å². The first-order valence-corrected chi connectivity index (χ1v) is 12.6. The Morgan fingerprint density at radius 3 is 2.74 bits per heavy atom. The van der Waals surface area contributed by atoms with Gasteiger partial charge in [-0.3, -0.25) is 9.59 Å². The molecular formula is C26H22N4O7S. The zero-order chi connectivity index (χ0) is 26.2. The number of rotatable bonds is 3. The fraction of sp³-hybridized carbons (Fsp3) is 0.231. The van der Waals surface area contributed by atoms with Crippen molar-refractivity contribution in [2.24, 2.45) is 4.99 Å². The van der Waals surface area contributed by atoms with Gasteiger partial charge in [-0.1, -0.05) is 42.1 Å². The Morgan fingerprint density at radius 1 is 1.11 bits per heavy atom. The molecule has 4 heterocycles. The number of benzene rings is 2. The summed E-state index contributed by atoms with van der Waals surface area (Å²) in [7, 11) is 1.16. The molecule has 12 heteroatoms. The summed E-state index contributed by atoms with van der Waals surface area (Å²) in [6.45, 7) is 0.277. The van der Waals surface area contributed by atoms with Crippen LogP contribution in [0.15, 0.2) is 80.4 Å². The molecule has 0 unspecified atom stereocenters. The molecule has 1 atom stereocenters. The van der Waals surface area contributed by atoms with Crippen molar-refractivity contribution < 1.29 is 28.5 Å². The molecule has 11 nitrogen and oxygen atoms in total. The molecule has 0 aliphatic carbocycles. The summed E-state index contributed by atoms with van der Waals surface area (Å²) >= 11 is 1.61. The van der Waals surface area contributed by atoms with Crippen LogP contribution >= 0.6 is 11.8 Å². The number of carbonyl (C=O) groups is 2. The van der Waals surface area contributed by atoms with Gasteiger partial charge in [0.1, 0.15) is 6.17 Å². The molecule has 194 valence electrons.